The molecule has 0 aliphatic carbocycles. The summed E-state index contributed by atoms with van der Waals surface area (Å²) in [6.07, 6.45) is 0. The van der Waals surface area contributed by atoms with Gasteiger partial charge in [0, 0.05) is 123 Å². The van der Waals surface area contributed by atoms with Crippen LogP contribution in [0.4, 0.5) is 0 Å². The van der Waals surface area contributed by atoms with Crippen molar-refractivity contribution in [3.05, 3.63) is 0 Å². The van der Waals surface area contributed by atoms with E-state index in [-0.39, 0.29) is 156 Å². The Labute approximate surface area is 152 Å². The van der Waals surface area contributed by atoms with Crippen LogP contribution in [0.3, 0.4) is 0 Å². The third-order valence-corrected chi connectivity index (χ3v) is 0. The first kappa shape index (κ1) is 128. The van der Waals surface area contributed by atoms with Crippen LogP contribution in [-0.2, 0) is 20.1 Å². The smallest absolute Gasteiger partial charge is 0 e. The Morgan fingerprint density at radius 3 is 0.333 bits per heavy atom. The molecule has 59 valence electrons. The fourth-order valence-corrected chi connectivity index (χ4v) is 0. The Morgan fingerprint density at radius 2 is 0.333 bits per heavy atom. The maximum atomic E-state index is 0. The van der Waals surface area contributed by atoms with Crippen molar-refractivity contribution in [3.63, 3.8) is 0 Å². The van der Waals surface area contributed by atoms with Crippen molar-refractivity contribution in [2.45, 2.75) is 0 Å². The molecule has 0 amide bonds. The molecule has 9 heavy (non-hydrogen) atoms. The van der Waals surface area contributed by atoms with Crippen molar-refractivity contribution in [2.75, 3.05) is 0 Å². The van der Waals surface area contributed by atoms with E-state index in [2.05, 4.69) is 0 Å². The third kappa shape index (κ3) is 80.8. The van der Waals surface area contributed by atoms with Gasteiger partial charge in [0.15, 0.2) is 0 Å². The van der Waals surface area contributed by atoms with Crippen molar-refractivity contribution >= 4 is 103 Å². The van der Waals surface area contributed by atoms with Crippen molar-refractivity contribution in [2.24, 2.45) is 0 Å². The second kappa shape index (κ2) is 98.3. The van der Waals surface area contributed by atoms with Gasteiger partial charge in [-0.2, -0.15) is 0 Å². The maximum absolute atomic E-state index is 0. The molecule has 0 fully saturated rings. The molecule has 0 aliphatic rings. The normalized spacial score (nSPS) is 0. The fourth-order valence-electron chi connectivity index (χ4n) is 0. The van der Waals surface area contributed by atoms with Gasteiger partial charge in [-0.1, -0.05) is 0 Å². The summed E-state index contributed by atoms with van der Waals surface area (Å²) >= 11 is 0. The van der Waals surface area contributed by atoms with E-state index in [1.807, 2.05) is 0 Å². The molecule has 0 rings (SSSR count). The van der Waals surface area contributed by atoms with Gasteiger partial charge in [0.2, 0.25) is 0 Å². The van der Waals surface area contributed by atoms with Crippen LogP contribution in [-0.4, -0.2) is 136 Å². The van der Waals surface area contributed by atoms with E-state index >= 15 is 0 Å². The fraction of sp³-hybridized carbons (Fsp3) is 0. The minimum atomic E-state index is 0. The topological polar surface area (TPSA) is 189 Å². The monoisotopic (exact) mass is 379 g/mol. The molecular weight excluding hydrogens is 366 g/mol. The SMILES string of the molecule is O.O.O.O.O.O.[Ir].[K].[K]. The first-order valence-electron chi connectivity index (χ1n) is 0. The molecule has 6 nitrogen and oxygen atoms in total. The van der Waals surface area contributed by atoms with Gasteiger partial charge in [-0.25, -0.2) is 0 Å². The zero-order chi connectivity index (χ0) is 0. The van der Waals surface area contributed by atoms with Gasteiger partial charge in [-0.3, -0.25) is 0 Å². The third-order valence-electron chi connectivity index (χ3n) is 0. The van der Waals surface area contributed by atoms with E-state index in [1.165, 1.54) is 0 Å². The van der Waals surface area contributed by atoms with Crippen LogP contribution in [0.25, 0.3) is 0 Å². The molecule has 0 spiro atoms. The van der Waals surface area contributed by atoms with Crippen LogP contribution in [0.2, 0.25) is 0 Å². The summed E-state index contributed by atoms with van der Waals surface area (Å²) in [4.78, 5) is 0. The average molecular weight is 379 g/mol. The van der Waals surface area contributed by atoms with Gasteiger partial charge in [0.1, 0.15) is 0 Å². The van der Waals surface area contributed by atoms with Crippen molar-refractivity contribution in [1.29, 1.82) is 0 Å². The van der Waals surface area contributed by atoms with Crippen LogP contribution in [0, 0.1) is 0 Å². The van der Waals surface area contributed by atoms with Crippen molar-refractivity contribution in [1.82, 2.24) is 0 Å². The van der Waals surface area contributed by atoms with Gasteiger partial charge >= 0.3 is 0 Å². The molecule has 0 atom stereocenters. The Morgan fingerprint density at radius 1 is 0.333 bits per heavy atom. The summed E-state index contributed by atoms with van der Waals surface area (Å²) in [5.74, 6) is 0. The summed E-state index contributed by atoms with van der Waals surface area (Å²) < 4.78 is 0. The second-order valence-corrected chi connectivity index (χ2v) is 0. The number of hydrogen-bond donors (Lipinski definition) is 0. The molecule has 0 heterocycles. The van der Waals surface area contributed by atoms with Crippen LogP contribution >= 0.6 is 0 Å². The summed E-state index contributed by atoms with van der Waals surface area (Å²) in [6, 6.07) is 0. The Kier molecular flexibility index (Phi) is 1390. The predicted molar refractivity (Wildman–Crippen MR) is 33.2 cm³/mol. The van der Waals surface area contributed by atoms with E-state index < -0.39 is 0 Å². The van der Waals surface area contributed by atoms with Gasteiger partial charge < -0.3 is 32.9 Å². The minimum absolute atomic E-state index is 0. The van der Waals surface area contributed by atoms with Gasteiger partial charge in [-0.15, -0.1) is 0 Å². The zero-order valence-electron chi connectivity index (χ0n) is 5.33. The molecule has 0 unspecified atom stereocenters. The van der Waals surface area contributed by atoms with E-state index in [4.69, 9.17) is 0 Å². The molecule has 0 aromatic rings. The van der Waals surface area contributed by atoms with Gasteiger partial charge in [0.05, 0.1) is 0 Å². The molecule has 3 radical (unpaired) electrons. The molecule has 0 aromatic heterocycles. The minimum Gasteiger partial charge on any atom is -0.412 e. The van der Waals surface area contributed by atoms with Crippen molar-refractivity contribution < 1.29 is 53.0 Å². The zero-order valence-corrected chi connectivity index (χ0v) is 14.0. The van der Waals surface area contributed by atoms with Crippen LogP contribution < -0.4 is 0 Å². The van der Waals surface area contributed by atoms with Crippen LogP contribution in [0.15, 0.2) is 0 Å². The average Bonchev–Trinajstić information content (AvgIpc) is 0. The predicted octanol–water partition coefficient (Wildman–Crippen LogP) is -5.71. The largest absolute Gasteiger partial charge is 0.412 e. The van der Waals surface area contributed by atoms with E-state index in [0.29, 0.717) is 0 Å². The molecular formula is H12IrK2O6. The molecule has 0 saturated carbocycles. The number of hydrogen-bond acceptors (Lipinski definition) is 0. The second-order valence-electron chi connectivity index (χ2n) is 0. The number of rotatable bonds is 0. The molecule has 0 saturated heterocycles. The van der Waals surface area contributed by atoms with E-state index in [1.54, 1.807) is 0 Å². The Balaban J connectivity index is 0. The van der Waals surface area contributed by atoms with Crippen LogP contribution in [0.1, 0.15) is 0 Å². The summed E-state index contributed by atoms with van der Waals surface area (Å²) in [6.45, 7) is 0. The first-order valence-corrected chi connectivity index (χ1v) is 0. The van der Waals surface area contributed by atoms with Crippen LogP contribution in [0.5, 0.6) is 0 Å². The van der Waals surface area contributed by atoms with Gasteiger partial charge in [-0.05, 0) is 0 Å². The molecule has 0 aliphatic heterocycles. The van der Waals surface area contributed by atoms with Gasteiger partial charge in [0.25, 0.3) is 0 Å². The van der Waals surface area contributed by atoms with E-state index in [0.717, 1.165) is 0 Å². The van der Waals surface area contributed by atoms with E-state index in [9.17, 15) is 0 Å². The first-order chi connectivity index (χ1) is 0. The maximum Gasteiger partial charge on any atom is 0 e. The standard InChI is InChI=1S/Ir.2K.6H2O/h;;;6*1H2. The Hall–Kier alpha value is 3.68. The summed E-state index contributed by atoms with van der Waals surface area (Å²) in [5, 5.41) is 0. The summed E-state index contributed by atoms with van der Waals surface area (Å²) in [5.41, 5.74) is 0. The summed E-state index contributed by atoms with van der Waals surface area (Å²) in [7, 11) is 0. The quantitative estimate of drug-likeness (QED) is 0.363. The van der Waals surface area contributed by atoms with Crippen molar-refractivity contribution in [3.8, 4) is 0 Å². The molecule has 0 aromatic carbocycles. The Bertz CT molecular complexity index is 11.0. The molecule has 9 heteroatoms. The molecule has 12 N–H and O–H groups in total. The molecule has 0 bridgehead atoms.